The molecular formula is C25H29NO3. The maximum absolute atomic E-state index is 13.0. The van der Waals surface area contributed by atoms with Gasteiger partial charge in [0, 0.05) is 18.0 Å². The molecule has 0 radical (unpaired) electrons. The van der Waals surface area contributed by atoms with Gasteiger partial charge in [0.25, 0.3) is 0 Å². The molecule has 1 aliphatic heterocycles. The van der Waals surface area contributed by atoms with E-state index in [-0.39, 0.29) is 17.6 Å². The number of fused-ring (bicyclic) bond motifs is 1. The SMILES string of the molecule is COc1ccc2c(c1)[C@@]13CCCC[C@H]1[C@@H](C2)N(C(=O)OCc1ccccc1)CC3. The van der Waals surface area contributed by atoms with Crippen LogP contribution in [0.3, 0.4) is 0 Å². The predicted octanol–water partition coefficient (Wildman–Crippen LogP) is 5.09. The van der Waals surface area contributed by atoms with Crippen LogP contribution in [-0.2, 0) is 23.2 Å². The van der Waals surface area contributed by atoms with E-state index in [9.17, 15) is 4.79 Å². The van der Waals surface area contributed by atoms with E-state index in [1.807, 2.05) is 35.2 Å². The zero-order chi connectivity index (χ0) is 19.8. The number of nitrogens with zero attached hydrogens (tertiary/aromatic N) is 1. The molecule has 4 nitrogen and oxygen atoms in total. The summed E-state index contributed by atoms with van der Waals surface area (Å²) in [6.45, 7) is 1.12. The molecule has 4 heteroatoms. The zero-order valence-electron chi connectivity index (χ0n) is 17.1. The number of piperidine rings is 1. The van der Waals surface area contributed by atoms with E-state index in [0.29, 0.717) is 12.5 Å². The van der Waals surface area contributed by atoms with Gasteiger partial charge in [-0.1, -0.05) is 49.2 Å². The summed E-state index contributed by atoms with van der Waals surface area (Å²) in [6.07, 6.45) is 6.74. The van der Waals surface area contributed by atoms with E-state index in [1.165, 1.54) is 36.8 Å². The molecule has 2 aliphatic carbocycles. The van der Waals surface area contributed by atoms with E-state index >= 15 is 0 Å². The summed E-state index contributed by atoms with van der Waals surface area (Å²) in [5, 5.41) is 0. The van der Waals surface area contributed by atoms with Crippen LogP contribution in [0.2, 0.25) is 0 Å². The molecule has 1 amide bonds. The van der Waals surface area contributed by atoms with Crippen molar-refractivity contribution in [3.05, 3.63) is 65.2 Å². The molecule has 2 aromatic carbocycles. The summed E-state index contributed by atoms with van der Waals surface area (Å²) in [5.74, 6) is 1.47. The fourth-order valence-electron chi connectivity index (χ4n) is 6.14. The third-order valence-corrected chi connectivity index (χ3v) is 7.48. The molecule has 0 aromatic heterocycles. The Labute approximate surface area is 172 Å². The zero-order valence-corrected chi connectivity index (χ0v) is 17.1. The highest BCUT2D eigenvalue weighted by Crippen LogP contribution is 2.56. The second-order valence-corrected chi connectivity index (χ2v) is 8.79. The third-order valence-electron chi connectivity index (χ3n) is 7.48. The Bertz CT molecular complexity index is 896. The smallest absolute Gasteiger partial charge is 0.410 e. The van der Waals surface area contributed by atoms with E-state index in [1.54, 1.807) is 7.11 Å². The standard InChI is InChI=1S/C25H29NO3/c1-28-20-11-10-19-15-23-21-9-5-6-12-25(21,22(19)16-20)13-14-26(23)24(27)29-17-18-7-3-2-4-8-18/h2-4,7-8,10-11,16,21,23H,5-6,9,12-15,17H2,1H3/t21-,23+,25+/m0/s1. The highest BCUT2D eigenvalue weighted by molar-refractivity contribution is 5.69. The number of ether oxygens (including phenoxy) is 2. The van der Waals surface area contributed by atoms with Crippen LogP contribution >= 0.6 is 0 Å². The molecule has 5 rings (SSSR count). The molecule has 152 valence electrons. The minimum atomic E-state index is -0.157. The number of methoxy groups -OCH3 is 1. The number of likely N-dealkylation sites (tertiary alicyclic amines) is 1. The quantitative estimate of drug-likeness (QED) is 0.731. The highest BCUT2D eigenvalue weighted by Gasteiger charge is 2.55. The number of carbonyl (C=O) groups excluding carboxylic acids is 1. The van der Waals surface area contributed by atoms with Crippen molar-refractivity contribution in [2.45, 2.75) is 56.6 Å². The van der Waals surface area contributed by atoms with E-state index in [0.717, 1.165) is 30.7 Å². The highest BCUT2D eigenvalue weighted by atomic mass is 16.6. The molecule has 1 saturated heterocycles. The normalized spacial score (nSPS) is 27.6. The summed E-state index contributed by atoms with van der Waals surface area (Å²) in [6, 6.07) is 16.7. The topological polar surface area (TPSA) is 38.8 Å². The molecule has 2 bridgehead atoms. The summed E-state index contributed by atoms with van der Waals surface area (Å²) in [5.41, 5.74) is 4.09. The molecule has 1 heterocycles. The van der Waals surface area contributed by atoms with Crippen LogP contribution in [0.1, 0.15) is 48.8 Å². The Morgan fingerprint density at radius 1 is 1.14 bits per heavy atom. The van der Waals surface area contributed by atoms with Gasteiger partial charge in [0.1, 0.15) is 12.4 Å². The van der Waals surface area contributed by atoms with Crippen LogP contribution in [0.4, 0.5) is 4.79 Å². The summed E-state index contributed by atoms with van der Waals surface area (Å²) >= 11 is 0. The van der Waals surface area contributed by atoms with Crippen LogP contribution in [0, 0.1) is 5.92 Å². The van der Waals surface area contributed by atoms with Gasteiger partial charge in [0.2, 0.25) is 0 Å². The van der Waals surface area contributed by atoms with Crippen molar-refractivity contribution >= 4 is 6.09 Å². The Morgan fingerprint density at radius 2 is 2.00 bits per heavy atom. The second-order valence-electron chi connectivity index (χ2n) is 8.79. The van der Waals surface area contributed by atoms with Gasteiger partial charge in [-0.15, -0.1) is 0 Å². The Morgan fingerprint density at radius 3 is 2.83 bits per heavy atom. The molecule has 0 spiro atoms. The van der Waals surface area contributed by atoms with Gasteiger partial charge in [0.05, 0.1) is 7.11 Å². The maximum Gasteiger partial charge on any atom is 0.410 e. The molecule has 3 atom stereocenters. The fourth-order valence-corrected chi connectivity index (χ4v) is 6.14. The van der Waals surface area contributed by atoms with Crippen molar-refractivity contribution < 1.29 is 14.3 Å². The Kier molecular flexibility index (Phi) is 4.73. The first-order chi connectivity index (χ1) is 14.2. The predicted molar refractivity (Wildman–Crippen MR) is 112 cm³/mol. The van der Waals surface area contributed by atoms with E-state index < -0.39 is 0 Å². The van der Waals surface area contributed by atoms with Crippen molar-refractivity contribution in [1.29, 1.82) is 0 Å². The lowest BCUT2D eigenvalue weighted by Crippen LogP contribution is -2.62. The van der Waals surface area contributed by atoms with Crippen LogP contribution in [0.15, 0.2) is 48.5 Å². The average molecular weight is 392 g/mol. The first kappa shape index (κ1) is 18.5. The van der Waals surface area contributed by atoms with Crippen LogP contribution in [0.25, 0.3) is 0 Å². The van der Waals surface area contributed by atoms with E-state index in [2.05, 4.69) is 18.2 Å². The first-order valence-corrected chi connectivity index (χ1v) is 10.9. The van der Waals surface area contributed by atoms with Crippen LogP contribution in [0.5, 0.6) is 5.75 Å². The van der Waals surface area contributed by atoms with E-state index in [4.69, 9.17) is 9.47 Å². The third kappa shape index (κ3) is 3.09. The lowest BCUT2D eigenvalue weighted by molar-refractivity contribution is -0.0137. The lowest BCUT2D eigenvalue weighted by Gasteiger charge is -2.58. The van der Waals surface area contributed by atoms with Crippen molar-refractivity contribution in [3.63, 3.8) is 0 Å². The summed E-state index contributed by atoms with van der Waals surface area (Å²) in [7, 11) is 1.74. The van der Waals surface area contributed by atoms with Crippen LogP contribution in [-0.4, -0.2) is 30.7 Å². The largest absolute Gasteiger partial charge is 0.497 e. The Hall–Kier alpha value is -2.49. The van der Waals surface area contributed by atoms with Crippen molar-refractivity contribution in [2.75, 3.05) is 13.7 Å². The van der Waals surface area contributed by atoms with Gasteiger partial charge in [-0.2, -0.15) is 0 Å². The molecule has 2 fully saturated rings. The number of hydrogen-bond acceptors (Lipinski definition) is 3. The van der Waals surface area contributed by atoms with Gasteiger partial charge in [-0.3, -0.25) is 0 Å². The lowest BCUT2D eigenvalue weighted by atomic mass is 9.52. The maximum atomic E-state index is 13.0. The van der Waals surface area contributed by atoms with Gasteiger partial charge < -0.3 is 14.4 Å². The summed E-state index contributed by atoms with van der Waals surface area (Å²) in [4.78, 5) is 15.1. The second kappa shape index (κ2) is 7.40. The molecule has 1 saturated carbocycles. The van der Waals surface area contributed by atoms with Crippen molar-refractivity contribution in [3.8, 4) is 5.75 Å². The molecule has 2 aromatic rings. The minimum Gasteiger partial charge on any atom is -0.497 e. The molecule has 0 N–H and O–H groups in total. The average Bonchev–Trinajstić information content (AvgIpc) is 2.78. The molecule has 29 heavy (non-hydrogen) atoms. The first-order valence-electron chi connectivity index (χ1n) is 10.9. The molecule has 3 aliphatic rings. The number of hydrogen-bond donors (Lipinski definition) is 0. The summed E-state index contributed by atoms with van der Waals surface area (Å²) < 4.78 is 11.3. The Balaban J connectivity index is 1.42. The number of amides is 1. The van der Waals surface area contributed by atoms with Gasteiger partial charge in [-0.25, -0.2) is 4.79 Å². The number of benzene rings is 2. The molecular weight excluding hydrogens is 362 g/mol. The number of carbonyl (C=O) groups is 1. The molecule has 0 unspecified atom stereocenters. The van der Waals surface area contributed by atoms with Crippen molar-refractivity contribution in [2.24, 2.45) is 5.92 Å². The number of rotatable bonds is 3. The van der Waals surface area contributed by atoms with Crippen molar-refractivity contribution in [1.82, 2.24) is 4.90 Å². The fraction of sp³-hybridized carbons (Fsp3) is 0.480. The van der Waals surface area contributed by atoms with Gasteiger partial charge >= 0.3 is 6.09 Å². The van der Waals surface area contributed by atoms with Gasteiger partial charge in [0.15, 0.2) is 0 Å². The minimum absolute atomic E-state index is 0.157. The van der Waals surface area contributed by atoms with Gasteiger partial charge in [-0.05, 0) is 60.4 Å². The monoisotopic (exact) mass is 391 g/mol. The van der Waals surface area contributed by atoms with Crippen LogP contribution < -0.4 is 4.74 Å².